The molecule has 2 heterocycles. The van der Waals surface area contributed by atoms with E-state index in [4.69, 9.17) is 9.47 Å². The van der Waals surface area contributed by atoms with Crippen LogP contribution in [0.25, 0.3) is 22.2 Å². The first-order valence-corrected chi connectivity index (χ1v) is 11.4. The maximum absolute atomic E-state index is 9.72. The van der Waals surface area contributed by atoms with Crippen molar-refractivity contribution in [3.63, 3.8) is 0 Å². The molecule has 0 amide bonds. The number of methoxy groups -OCH3 is 1. The second-order valence-electron chi connectivity index (χ2n) is 6.87. The Balaban J connectivity index is 1.58. The summed E-state index contributed by atoms with van der Waals surface area (Å²) in [6.45, 7) is 2.49. The summed E-state index contributed by atoms with van der Waals surface area (Å²) in [7, 11) is 1.62. The zero-order valence-corrected chi connectivity index (χ0v) is 18.8. The zero-order valence-electron chi connectivity index (χ0n) is 17.2. The summed E-state index contributed by atoms with van der Waals surface area (Å²) in [5.74, 6) is 1.28. The van der Waals surface area contributed by atoms with Gasteiger partial charge in [0.25, 0.3) is 0 Å². The number of rotatable bonds is 7. The van der Waals surface area contributed by atoms with Gasteiger partial charge in [-0.25, -0.2) is 4.98 Å². The van der Waals surface area contributed by atoms with Gasteiger partial charge in [-0.15, -0.1) is 22.7 Å². The van der Waals surface area contributed by atoms with E-state index in [0.717, 1.165) is 21.7 Å². The van der Waals surface area contributed by atoms with Gasteiger partial charge in [0.1, 0.15) is 17.7 Å². The third-order valence-corrected chi connectivity index (χ3v) is 6.41. The van der Waals surface area contributed by atoms with E-state index >= 15 is 0 Å². The van der Waals surface area contributed by atoms with Crippen molar-refractivity contribution >= 4 is 34.3 Å². The Labute approximate surface area is 189 Å². The van der Waals surface area contributed by atoms with E-state index in [0.29, 0.717) is 28.7 Å². The largest absolute Gasteiger partial charge is 0.493 e. The average molecular weight is 445 g/mol. The number of ether oxygens (including phenoxy) is 2. The Bertz CT molecular complexity index is 1230. The number of benzene rings is 2. The molecule has 31 heavy (non-hydrogen) atoms. The third kappa shape index (κ3) is 5.02. The summed E-state index contributed by atoms with van der Waals surface area (Å²) in [6.07, 6.45) is 1.83. The quantitative estimate of drug-likeness (QED) is 0.293. The van der Waals surface area contributed by atoms with Gasteiger partial charge in [0, 0.05) is 5.38 Å². The molecule has 0 N–H and O–H groups in total. The van der Waals surface area contributed by atoms with Crippen LogP contribution in [0.4, 0.5) is 0 Å². The van der Waals surface area contributed by atoms with Crippen LogP contribution in [0.15, 0.2) is 65.4 Å². The smallest absolute Gasteiger partial charge is 0.162 e. The molecule has 0 fully saturated rings. The molecule has 0 spiro atoms. The Kier molecular flexibility index (Phi) is 6.46. The van der Waals surface area contributed by atoms with Crippen LogP contribution < -0.4 is 9.47 Å². The monoisotopic (exact) mass is 444 g/mol. The second-order valence-corrected chi connectivity index (χ2v) is 8.68. The predicted molar refractivity (Wildman–Crippen MR) is 127 cm³/mol. The Morgan fingerprint density at radius 3 is 2.65 bits per heavy atom. The van der Waals surface area contributed by atoms with Crippen LogP contribution in [0.1, 0.15) is 21.7 Å². The number of hydrogen-bond donors (Lipinski definition) is 0. The van der Waals surface area contributed by atoms with Crippen molar-refractivity contribution in [2.75, 3.05) is 7.11 Å². The molecule has 6 heteroatoms. The molecule has 0 bridgehead atoms. The highest BCUT2D eigenvalue weighted by Crippen LogP contribution is 2.32. The van der Waals surface area contributed by atoms with Crippen molar-refractivity contribution in [1.82, 2.24) is 4.98 Å². The third-order valence-electron chi connectivity index (χ3n) is 4.64. The number of hydrogen-bond acceptors (Lipinski definition) is 6. The molecule has 0 radical (unpaired) electrons. The van der Waals surface area contributed by atoms with Gasteiger partial charge in [-0.1, -0.05) is 42.0 Å². The van der Waals surface area contributed by atoms with Crippen LogP contribution in [-0.4, -0.2) is 12.1 Å². The number of aromatic nitrogens is 1. The summed E-state index contributed by atoms with van der Waals surface area (Å²) in [5, 5.41) is 14.4. The minimum absolute atomic E-state index is 0.436. The minimum Gasteiger partial charge on any atom is -0.493 e. The van der Waals surface area contributed by atoms with Gasteiger partial charge in [-0.3, -0.25) is 0 Å². The first-order chi connectivity index (χ1) is 15.2. The number of nitriles is 1. The normalized spacial score (nSPS) is 11.2. The van der Waals surface area contributed by atoms with Gasteiger partial charge in [-0.05, 0) is 47.7 Å². The van der Waals surface area contributed by atoms with Gasteiger partial charge in [0.05, 0.1) is 23.3 Å². The average Bonchev–Trinajstić information content (AvgIpc) is 3.49. The number of thiophene rings is 1. The van der Waals surface area contributed by atoms with Gasteiger partial charge < -0.3 is 9.47 Å². The first-order valence-electron chi connectivity index (χ1n) is 9.64. The molecule has 0 aliphatic carbocycles. The SMILES string of the molecule is COc1ccc(/C=C(/C#N)c2nc(-c3cccs3)cs2)cc1OCc1ccc(C)cc1. The molecule has 4 nitrogen and oxygen atoms in total. The lowest BCUT2D eigenvalue weighted by atomic mass is 10.1. The van der Waals surface area contributed by atoms with E-state index in [1.807, 2.05) is 59.3 Å². The van der Waals surface area contributed by atoms with Crippen molar-refractivity contribution in [3.8, 4) is 28.1 Å². The van der Waals surface area contributed by atoms with E-state index in [1.165, 1.54) is 16.9 Å². The first kappa shape index (κ1) is 20.9. The molecule has 2 aromatic carbocycles. The summed E-state index contributed by atoms with van der Waals surface area (Å²) < 4.78 is 11.5. The number of allylic oxidation sites excluding steroid dienone is 1. The van der Waals surface area contributed by atoms with E-state index in [9.17, 15) is 5.26 Å². The summed E-state index contributed by atoms with van der Waals surface area (Å²) >= 11 is 3.10. The van der Waals surface area contributed by atoms with E-state index in [-0.39, 0.29) is 0 Å². The number of nitrogens with zero attached hydrogens (tertiary/aromatic N) is 2. The van der Waals surface area contributed by atoms with Crippen molar-refractivity contribution in [2.45, 2.75) is 13.5 Å². The minimum atomic E-state index is 0.436. The Morgan fingerprint density at radius 1 is 1.10 bits per heavy atom. The molecule has 0 unspecified atom stereocenters. The van der Waals surface area contributed by atoms with E-state index in [1.54, 1.807) is 18.4 Å². The lowest BCUT2D eigenvalue weighted by Gasteiger charge is -2.12. The van der Waals surface area contributed by atoms with Crippen molar-refractivity contribution < 1.29 is 9.47 Å². The molecule has 4 aromatic rings. The Hall–Kier alpha value is -3.40. The van der Waals surface area contributed by atoms with E-state index in [2.05, 4.69) is 30.1 Å². The fourth-order valence-corrected chi connectivity index (χ4v) is 4.53. The fourth-order valence-electron chi connectivity index (χ4n) is 2.98. The highest BCUT2D eigenvalue weighted by Gasteiger charge is 2.11. The zero-order chi connectivity index (χ0) is 21.6. The molecule has 0 saturated heterocycles. The molecular formula is C25H20N2O2S2. The predicted octanol–water partition coefficient (Wildman–Crippen LogP) is 6.83. The standard InChI is InChI=1S/C25H20N2O2S2/c1-17-5-7-18(8-6-17)15-29-23-13-19(9-10-22(23)28-2)12-20(14-26)25-27-21(16-31-25)24-4-3-11-30-24/h3-13,16H,15H2,1-2H3/b20-12-. The van der Waals surface area contributed by atoms with Crippen LogP contribution >= 0.6 is 22.7 Å². The fraction of sp³-hybridized carbons (Fsp3) is 0.120. The topological polar surface area (TPSA) is 55.1 Å². The maximum Gasteiger partial charge on any atom is 0.162 e. The van der Waals surface area contributed by atoms with Crippen LogP contribution in [0, 0.1) is 18.3 Å². The van der Waals surface area contributed by atoms with Crippen LogP contribution in [0.3, 0.4) is 0 Å². The van der Waals surface area contributed by atoms with Crippen LogP contribution in [-0.2, 0) is 6.61 Å². The maximum atomic E-state index is 9.72. The van der Waals surface area contributed by atoms with Gasteiger partial charge in [0.15, 0.2) is 11.5 Å². The van der Waals surface area contributed by atoms with Gasteiger partial charge in [0.2, 0.25) is 0 Å². The van der Waals surface area contributed by atoms with Crippen molar-refractivity contribution in [3.05, 3.63) is 87.1 Å². The summed E-state index contributed by atoms with van der Waals surface area (Å²) in [4.78, 5) is 5.74. The molecular weight excluding hydrogens is 424 g/mol. The molecule has 0 atom stereocenters. The summed E-state index contributed by atoms with van der Waals surface area (Å²) in [5.41, 5.74) is 4.55. The molecule has 2 aromatic heterocycles. The summed E-state index contributed by atoms with van der Waals surface area (Å²) in [6, 6.07) is 20.2. The van der Waals surface area contributed by atoms with Crippen LogP contribution in [0.2, 0.25) is 0 Å². The van der Waals surface area contributed by atoms with Gasteiger partial charge in [-0.2, -0.15) is 5.26 Å². The highest BCUT2D eigenvalue weighted by atomic mass is 32.1. The molecule has 0 aliphatic rings. The van der Waals surface area contributed by atoms with Crippen molar-refractivity contribution in [1.29, 1.82) is 5.26 Å². The molecule has 154 valence electrons. The van der Waals surface area contributed by atoms with Crippen LogP contribution in [0.5, 0.6) is 11.5 Å². The lowest BCUT2D eigenvalue weighted by Crippen LogP contribution is -1.98. The molecule has 0 saturated carbocycles. The van der Waals surface area contributed by atoms with E-state index < -0.39 is 0 Å². The Morgan fingerprint density at radius 2 is 1.94 bits per heavy atom. The number of thiazole rings is 1. The molecule has 0 aliphatic heterocycles. The highest BCUT2D eigenvalue weighted by molar-refractivity contribution is 7.14. The lowest BCUT2D eigenvalue weighted by molar-refractivity contribution is 0.284. The second kappa shape index (κ2) is 9.61. The number of aryl methyl sites for hydroxylation is 1. The molecule has 4 rings (SSSR count). The van der Waals surface area contributed by atoms with Crippen molar-refractivity contribution in [2.24, 2.45) is 0 Å². The van der Waals surface area contributed by atoms with Gasteiger partial charge >= 0.3 is 0 Å².